The second-order valence-corrected chi connectivity index (χ2v) is 4.50. The summed E-state index contributed by atoms with van der Waals surface area (Å²) in [6.45, 7) is 0.975. The van der Waals surface area contributed by atoms with Crippen LogP contribution in [0, 0.1) is 5.92 Å². The summed E-state index contributed by atoms with van der Waals surface area (Å²) in [5, 5.41) is 14.0. The van der Waals surface area contributed by atoms with Crippen molar-refractivity contribution < 1.29 is 14.7 Å². The summed E-state index contributed by atoms with van der Waals surface area (Å²) < 4.78 is 0. The molecular formula is C9H11N3O3S. The van der Waals surface area contributed by atoms with Gasteiger partial charge < -0.3 is 15.3 Å². The topological polar surface area (TPSA) is 82.5 Å². The molecule has 1 aromatic heterocycles. The van der Waals surface area contributed by atoms with Gasteiger partial charge in [-0.05, 0) is 0 Å². The molecule has 1 aliphatic rings. The number of aromatic nitrogens is 1. The summed E-state index contributed by atoms with van der Waals surface area (Å²) in [5.41, 5.74) is 0. The van der Waals surface area contributed by atoms with Gasteiger partial charge in [-0.15, -0.1) is 11.3 Å². The molecule has 2 amide bonds. The number of carboxylic acids is 1. The third-order valence-corrected chi connectivity index (χ3v) is 3.17. The number of urea groups is 1. The molecule has 1 aromatic rings. The van der Waals surface area contributed by atoms with Crippen molar-refractivity contribution in [3.8, 4) is 0 Å². The lowest BCUT2D eigenvalue weighted by atomic mass is 10.0. The lowest BCUT2D eigenvalue weighted by molar-refractivity contribution is -0.146. The third kappa shape index (κ3) is 2.30. The fourth-order valence-electron chi connectivity index (χ4n) is 1.40. The van der Waals surface area contributed by atoms with E-state index in [1.165, 1.54) is 16.2 Å². The standard InChI is InChI=1S/C9H11N3O3S/c13-8(14)6-4-12(5-6)9(15)11-3-7-10-1-2-16-7/h1-2,6H,3-5H2,(H,11,15)(H,13,14). The molecule has 86 valence electrons. The highest BCUT2D eigenvalue weighted by atomic mass is 32.1. The molecule has 1 aliphatic heterocycles. The van der Waals surface area contributed by atoms with E-state index in [1.807, 2.05) is 5.38 Å². The highest BCUT2D eigenvalue weighted by Crippen LogP contribution is 2.15. The van der Waals surface area contributed by atoms with Crippen LogP contribution in [0.25, 0.3) is 0 Å². The molecule has 0 bridgehead atoms. The minimum absolute atomic E-state index is 0.229. The Labute approximate surface area is 95.9 Å². The maximum Gasteiger partial charge on any atom is 0.317 e. The first-order valence-electron chi connectivity index (χ1n) is 4.81. The number of hydrogen-bond acceptors (Lipinski definition) is 4. The van der Waals surface area contributed by atoms with Gasteiger partial charge in [0.1, 0.15) is 5.01 Å². The fourth-order valence-corrected chi connectivity index (χ4v) is 1.96. The number of carboxylic acid groups (broad SMARTS) is 1. The minimum Gasteiger partial charge on any atom is -0.481 e. The van der Waals surface area contributed by atoms with Crippen molar-refractivity contribution >= 4 is 23.3 Å². The highest BCUT2D eigenvalue weighted by Gasteiger charge is 2.35. The smallest absolute Gasteiger partial charge is 0.317 e. The predicted molar refractivity (Wildman–Crippen MR) is 57.0 cm³/mol. The van der Waals surface area contributed by atoms with E-state index < -0.39 is 11.9 Å². The molecule has 2 N–H and O–H groups in total. The van der Waals surface area contributed by atoms with Crippen molar-refractivity contribution in [1.82, 2.24) is 15.2 Å². The van der Waals surface area contributed by atoms with Gasteiger partial charge in [0.25, 0.3) is 0 Å². The maximum absolute atomic E-state index is 11.5. The van der Waals surface area contributed by atoms with Crippen molar-refractivity contribution in [3.63, 3.8) is 0 Å². The average Bonchev–Trinajstić information content (AvgIpc) is 2.63. The molecule has 0 aliphatic carbocycles. The van der Waals surface area contributed by atoms with Crippen LogP contribution in [0.5, 0.6) is 0 Å². The van der Waals surface area contributed by atoms with Crippen molar-refractivity contribution in [1.29, 1.82) is 0 Å². The Bertz CT molecular complexity index is 387. The van der Waals surface area contributed by atoms with Gasteiger partial charge in [-0.25, -0.2) is 9.78 Å². The number of rotatable bonds is 3. The molecule has 0 unspecified atom stereocenters. The van der Waals surface area contributed by atoms with Crippen LogP contribution in [0.3, 0.4) is 0 Å². The van der Waals surface area contributed by atoms with Gasteiger partial charge in [-0.3, -0.25) is 4.79 Å². The van der Waals surface area contributed by atoms with Crippen molar-refractivity contribution in [3.05, 3.63) is 16.6 Å². The van der Waals surface area contributed by atoms with Gasteiger partial charge in [-0.1, -0.05) is 0 Å². The van der Waals surface area contributed by atoms with Gasteiger partial charge in [0, 0.05) is 24.7 Å². The number of thiazole rings is 1. The molecule has 2 heterocycles. The van der Waals surface area contributed by atoms with E-state index in [9.17, 15) is 9.59 Å². The summed E-state index contributed by atoms with van der Waals surface area (Å²) >= 11 is 1.47. The summed E-state index contributed by atoms with van der Waals surface area (Å²) in [5.74, 6) is -1.26. The molecule has 2 rings (SSSR count). The first-order chi connectivity index (χ1) is 7.66. The monoisotopic (exact) mass is 241 g/mol. The molecular weight excluding hydrogens is 230 g/mol. The number of aliphatic carboxylic acids is 1. The van der Waals surface area contributed by atoms with E-state index in [0.717, 1.165) is 5.01 Å². The van der Waals surface area contributed by atoms with E-state index in [1.54, 1.807) is 6.20 Å². The first-order valence-corrected chi connectivity index (χ1v) is 5.68. The molecule has 0 aromatic carbocycles. The minimum atomic E-state index is -0.844. The molecule has 0 saturated carbocycles. The summed E-state index contributed by atoms with van der Waals surface area (Å²) in [7, 11) is 0. The molecule has 1 fully saturated rings. The number of likely N-dealkylation sites (tertiary alicyclic amines) is 1. The summed E-state index contributed by atoms with van der Waals surface area (Å²) in [6, 6.07) is -0.229. The predicted octanol–water partition coefficient (Wildman–Crippen LogP) is 0.369. The summed E-state index contributed by atoms with van der Waals surface area (Å²) in [6.07, 6.45) is 1.68. The Morgan fingerprint density at radius 1 is 1.62 bits per heavy atom. The van der Waals surface area contributed by atoms with Crippen LogP contribution in [0.15, 0.2) is 11.6 Å². The number of amides is 2. The highest BCUT2D eigenvalue weighted by molar-refractivity contribution is 7.09. The zero-order chi connectivity index (χ0) is 11.5. The van der Waals surface area contributed by atoms with Gasteiger partial charge in [0.2, 0.25) is 0 Å². The molecule has 0 radical (unpaired) electrons. The van der Waals surface area contributed by atoms with E-state index >= 15 is 0 Å². The zero-order valence-electron chi connectivity index (χ0n) is 8.42. The first kappa shape index (κ1) is 10.9. The van der Waals surface area contributed by atoms with E-state index in [2.05, 4.69) is 10.3 Å². The Hall–Kier alpha value is -1.63. The molecule has 16 heavy (non-hydrogen) atoms. The number of carbonyl (C=O) groups excluding carboxylic acids is 1. The number of nitrogens with one attached hydrogen (secondary N) is 1. The third-order valence-electron chi connectivity index (χ3n) is 2.39. The van der Waals surface area contributed by atoms with Crippen LogP contribution >= 0.6 is 11.3 Å². The average molecular weight is 241 g/mol. The largest absolute Gasteiger partial charge is 0.481 e. The Balaban J connectivity index is 1.72. The maximum atomic E-state index is 11.5. The van der Waals surface area contributed by atoms with Gasteiger partial charge in [-0.2, -0.15) is 0 Å². The molecule has 0 atom stereocenters. The molecule has 7 heteroatoms. The van der Waals surface area contributed by atoms with Gasteiger partial charge >= 0.3 is 12.0 Å². The fraction of sp³-hybridized carbons (Fsp3) is 0.444. The van der Waals surface area contributed by atoms with Crippen LogP contribution in [-0.4, -0.2) is 40.1 Å². The van der Waals surface area contributed by atoms with Crippen LogP contribution in [0.2, 0.25) is 0 Å². The second-order valence-electron chi connectivity index (χ2n) is 3.52. The van der Waals surface area contributed by atoms with Crippen LogP contribution in [0.1, 0.15) is 5.01 Å². The quantitative estimate of drug-likeness (QED) is 0.801. The van der Waals surface area contributed by atoms with Crippen LogP contribution < -0.4 is 5.32 Å². The van der Waals surface area contributed by atoms with E-state index in [4.69, 9.17) is 5.11 Å². The number of hydrogen-bond donors (Lipinski definition) is 2. The number of nitrogens with zero attached hydrogens (tertiary/aromatic N) is 2. The van der Waals surface area contributed by atoms with Crippen LogP contribution in [-0.2, 0) is 11.3 Å². The van der Waals surface area contributed by atoms with Crippen LogP contribution in [0.4, 0.5) is 4.79 Å². The lowest BCUT2D eigenvalue weighted by Gasteiger charge is -2.36. The number of carbonyl (C=O) groups is 2. The van der Waals surface area contributed by atoms with Crippen molar-refractivity contribution in [2.45, 2.75) is 6.54 Å². The lowest BCUT2D eigenvalue weighted by Crippen LogP contribution is -2.56. The molecule has 1 saturated heterocycles. The second kappa shape index (κ2) is 4.48. The SMILES string of the molecule is O=C(O)C1CN(C(=O)NCc2nccs2)C1. The Morgan fingerprint density at radius 3 is 2.94 bits per heavy atom. The normalized spacial score (nSPS) is 15.6. The summed E-state index contributed by atoms with van der Waals surface area (Å²) in [4.78, 5) is 27.5. The van der Waals surface area contributed by atoms with Crippen molar-refractivity contribution in [2.75, 3.05) is 13.1 Å². The van der Waals surface area contributed by atoms with E-state index in [-0.39, 0.29) is 6.03 Å². The Morgan fingerprint density at radius 2 is 2.38 bits per heavy atom. The van der Waals surface area contributed by atoms with Crippen molar-refractivity contribution in [2.24, 2.45) is 5.92 Å². The molecule has 0 spiro atoms. The van der Waals surface area contributed by atoms with Gasteiger partial charge in [0.05, 0.1) is 12.5 Å². The molecule has 6 nitrogen and oxygen atoms in total. The van der Waals surface area contributed by atoms with E-state index in [0.29, 0.717) is 19.6 Å². The Kier molecular flexibility index (Phi) is 3.04. The zero-order valence-corrected chi connectivity index (χ0v) is 9.24. The van der Waals surface area contributed by atoms with Gasteiger partial charge in [0.15, 0.2) is 0 Å².